The van der Waals surface area contributed by atoms with Gasteiger partial charge in [-0.25, -0.2) is 14.2 Å². The molecule has 0 saturated carbocycles. The molecule has 0 aliphatic carbocycles. The molecule has 0 spiro atoms. The molecular weight excluding hydrogens is 271 g/mol. The fourth-order valence-electron chi connectivity index (χ4n) is 1.38. The number of carbonyl (C=O) groups is 1. The molecule has 0 bridgehead atoms. The number of esters is 1. The van der Waals surface area contributed by atoms with Crippen LogP contribution in [0.1, 0.15) is 21.7 Å². The molecule has 0 fully saturated rings. The van der Waals surface area contributed by atoms with Crippen molar-refractivity contribution in [3.8, 4) is 0 Å². The van der Waals surface area contributed by atoms with Gasteiger partial charge in [-0.2, -0.15) is 0 Å². The molecular formula is C13H10ClFN2O2. The Morgan fingerprint density at radius 3 is 2.79 bits per heavy atom. The molecule has 2 aromatic rings. The van der Waals surface area contributed by atoms with Crippen LogP contribution < -0.4 is 0 Å². The first kappa shape index (κ1) is 13.4. The van der Waals surface area contributed by atoms with E-state index in [1.807, 2.05) is 0 Å². The smallest absolute Gasteiger partial charge is 0.358 e. The number of benzene rings is 1. The van der Waals surface area contributed by atoms with Crippen LogP contribution in [0.15, 0.2) is 30.6 Å². The van der Waals surface area contributed by atoms with Gasteiger partial charge in [-0.3, -0.25) is 4.98 Å². The van der Waals surface area contributed by atoms with Gasteiger partial charge in [-0.15, -0.1) is 0 Å². The summed E-state index contributed by atoms with van der Waals surface area (Å²) in [6, 6.07) is 4.26. The molecule has 1 aromatic carbocycles. The minimum absolute atomic E-state index is 0.0676. The van der Waals surface area contributed by atoms with Crippen molar-refractivity contribution in [3.05, 3.63) is 58.4 Å². The van der Waals surface area contributed by atoms with Crippen LogP contribution >= 0.6 is 11.6 Å². The molecule has 0 radical (unpaired) electrons. The minimum Gasteiger partial charge on any atom is -0.456 e. The van der Waals surface area contributed by atoms with Crippen molar-refractivity contribution in [2.75, 3.05) is 0 Å². The lowest BCUT2D eigenvalue weighted by molar-refractivity contribution is 0.0461. The standard InChI is InChI=1S/C13H10ClFN2O2/c1-8-5-17-12(6-16-8)13(18)19-7-9-10(14)3-2-4-11(9)15/h2-6H,7H2,1H3. The Morgan fingerprint density at radius 2 is 2.16 bits per heavy atom. The van der Waals surface area contributed by atoms with Crippen LogP contribution in [0.25, 0.3) is 0 Å². The van der Waals surface area contributed by atoms with E-state index in [1.54, 1.807) is 6.92 Å². The van der Waals surface area contributed by atoms with Gasteiger partial charge in [0.2, 0.25) is 0 Å². The Balaban J connectivity index is 2.06. The average Bonchev–Trinajstić information content (AvgIpc) is 2.38. The van der Waals surface area contributed by atoms with Crippen molar-refractivity contribution in [1.82, 2.24) is 9.97 Å². The maximum Gasteiger partial charge on any atom is 0.358 e. The van der Waals surface area contributed by atoms with Gasteiger partial charge in [-0.05, 0) is 19.1 Å². The molecule has 19 heavy (non-hydrogen) atoms. The van der Waals surface area contributed by atoms with E-state index in [2.05, 4.69) is 9.97 Å². The largest absolute Gasteiger partial charge is 0.456 e. The van der Waals surface area contributed by atoms with Gasteiger partial charge in [0.15, 0.2) is 5.69 Å². The van der Waals surface area contributed by atoms with E-state index in [0.29, 0.717) is 5.69 Å². The van der Waals surface area contributed by atoms with Gasteiger partial charge < -0.3 is 4.74 Å². The van der Waals surface area contributed by atoms with E-state index < -0.39 is 11.8 Å². The number of ether oxygens (including phenoxy) is 1. The van der Waals surface area contributed by atoms with Crippen LogP contribution in [-0.2, 0) is 11.3 Å². The average molecular weight is 281 g/mol. The van der Waals surface area contributed by atoms with Gasteiger partial charge in [0.1, 0.15) is 12.4 Å². The summed E-state index contributed by atoms with van der Waals surface area (Å²) < 4.78 is 18.4. The summed E-state index contributed by atoms with van der Waals surface area (Å²) in [5, 5.41) is 0.211. The summed E-state index contributed by atoms with van der Waals surface area (Å²) in [5.74, 6) is -1.19. The summed E-state index contributed by atoms with van der Waals surface area (Å²) in [6.07, 6.45) is 2.76. The quantitative estimate of drug-likeness (QED) is 0.811. The Kier molecular flexibility index (Phi) is 4.06. The van der Waals surface area contributed by atoms with Crippen LogP contribution in [0, 0.1) is 12.7 Å². The summed E-state index contributed by atoms with van der Waals surface area (Å²) >= 11 is 5.82. The van der Waals surface area contributed by atoms with Crippen molar-refractivity contribution >= 4 is 17.6 Å². The highest BCUT2D eigenvalue weighted by atomic mass is 35.5. The number of nitrogens with zero attached hydrogens (tertiary/aromatic N) is 2. The van der Waals surface area contributed by atoms with Crippen molar-refractivity contribution < 1.29 is 13.9 Å². The maximum atomic E-state index is 13.5. The lowest BCUT2D eigenvalue weighted by Gasteiger charge is -2.07. The molecule has 0 aliphatic heterocycles. The van der Waals surface area contributed by atoms with Gasteiger partial charge >= 0.3 is 5.97 Å². The maximum absolute atomic E-state index is 13.5. The summed E-state index contributed by atoms with van der Waals surface area (Å²) in [7, 11) is 0. The molecule has 0 N–H and O–H groups in total. The minimum atomic E-state index is -0.674. The number of carbonyl (C=O) groups excluding carboxylic acids is 1. The predicted molar refractivity (Wildman–Crippen MR) is 67.3 cm³/mol. The van der Waals surface area contributed by atoms with Crippen molar-refractivity contribution in [1.29, 1.82) is 0 Å². The normalized spacial score (nSPS) is 10.3. The molecule has 98 valence electrons. The van der Waals surface area contributed by atoms with E-state index >= 15 is 0 Å². The van der Waals surface area contributed by atoms with Gasteiger partial charge in [0.25, 0.3) is 0 Å². The monoisotopic (exact) mass is 280 g/mol. The van der Waals surface area contributed by atoms with E-state index in [4.69, 9.17) is 16.3 Å². The second-order valence-electron chi connectivity index (χ2n) is 3.82. The summed E-state index contributed by atoms with van der Waals surface area (Å²) in [6.45, 7) is 1.50. The van der Waals surface area contributed by atoms with E-state index in [-0.39, 0.29) is 22.9 Å². The second-order valence-corrected chi connectivity index (χ2v) is 4.23. The third-order valence-electron chi connectivity index (χ3n) is 2.40. The molecule has 0 atom stereocenters. The zero-order valence-corrected chi connectivity index (χ0v) is 10.8. The van der Waals surface area contributed by atoms with E-state index in [9.17, 15) is 9.18 Å². The highest BCUT2D eigenvalue weighted by molar-refractivity contribution is 6.31. The molecule has 6 heteroatoms. The molecule has 1 aromatic heterocycles. The molecule has 1 heterocycles. The molecule has 2 rings (SSSR count). The zero-order valence-electron chi connectivity index (χ0n) is 10.1. The van der Waals surface area contributed by atoms with Crippen LogP contribution in [0.2, 0.25) is 5.02 Å². The molecule has 0 aliphatic rings. The SMILES string of the molecule is Cc1cnc(C(=O)OCc2c(F)cccc2Cl)cn1. The number of rotatable bonds is 3. The van der Waals surface area contributed by atoms with Crippen LogP contribution in [0.4, 0.5) is 4.39 Å². The van der Waals surface area contributed by atoms with Crippen molar-refractivity contribution in [3.63, 3.8) is 0 Å². The van der Waals surface area contributed by atoms with Gasteiger partial charge in [0, 0.05) is 11.8 Å². The molecule has 0 saturated heterocycles. The van der Waals surface area contributed by atoms with E-state index in [1.165, 1.54) is 30.6 Å². The van der Waals surface area contributed by atoms with Crippen molar-refractivity contribution in [2.24, 2.45) is 0 Å². The highest BCUT2D eigenvalue weighted by Crippen LogP contribution is 2.20. The fraction of sp³-hybridized carbons (Fsp3) is 0.154. The molecule has 0 amide bonds. The third kappa shape index (κ3) is 3.26. The Hall–Kier alpha value is -2.01. The first-order chi connectivity index (χ1) is 9.08. The zero-order chi connectivity index (χ0) is 13.8. The first-order valence-corrected chi connectivity index (χ1v) is 5.84. The Labute approximate surface area is 114 Å². The van der Waals surface area contributed by atoms with Crippen LogP contribution in [0.3, 0.4) is 0 Å². The number of hydrogen-bond donors (Lipinski definition) is 0. The first-order valence-electron chi connectivity index (χ1n) is 5.46. The summed E-state index contributed by atoms with van der Waals surface area (Å²) in [5.41, 5.74) is 0.893. The topological polar surface area (TPSA) is 52.1 Å². The third-order valence-corrected chi connectivity index (χ3v) is 2.75. The van der Waals surface area contributed by atoms with Crippen LogP contribution in [0.5, 0.6) is 0 Å². The number of halogens is 2. The predicted octanol–water partition coefficient (Wildman–Crippen LogP) is 2.93. The van der Waals surface area contributed by atoms with Gasteiger partial charge in [0.05, 0.1) is 16.9 Å². The lowest BCUT2D eigenvalue weighted by Crippen LogP contribution is -2.09. The second kappa shape index (κ2) is 5.75. The lowest BCUT2D eigenvalue weighted by atomic mass is 10.2. The van der Waals surface area contributed by atoms with E-state index in [0.717, 1.165) is 0 Å². The van der Waals surface area contributed by atoms with Gasteiger partial charge in [-0.1, -0.05) is 17.7 Å². The summed E-state index contributed by atoms with van der Waals surface area (Å²) in [4.78, 5) is 19.5. The number of aryl methyl sites for hydroxylation is 1. The molecule has 4 nitrogen and oxygen atoms in total. The van der Waals surface area contributed by atoms with Crippen molar-refractivity contribution in [2.45, 2.75) is 13.5 Å². The Bertz CT molecular complexity index is 582. The number of aromatic nitrogens is 2. The number of hydrogen-bond acceptors (Lipinski definition) is 4. The highest BCUT2D eigenvalue weighted by Gasteiger charge is 2.13. The van der Waals surface area contributed by atoms with Crippen LogP contribution in [-0.4, -0.2) is 15.9 Å². The molecule has 0 unspecified atom stereocenters. The Morgan fingerprint density at radius 1 is 1.37 bits per heavy atom. The fourth-order valence-corrected chi connectivity index (χ4v) is 1.60.